The van der Waals surface area contributed by atoms with Gasteiger partial charge in [0.15, 0.2) is 6.29 Å². The molecule has 0 amide bonds. The van der Waals surface area contributed by atoms with Crippen LogP contribution < -0.4 is 0 Å². The molecule has 0 aromatic carbocycles. The number of halogens is 1. The van der Waals surface area contributed by atoms with Crippen molar-refractivity contribution in [3.05, 3.63) is 0 Å². The van der Waals surface area contributed by atoms with E-state index in [2.05, 4.69) is 0 Å². The van der Waals surface area contributed by atoms with E-state index in [9.17, 15) is 5.11 Å². The van der Waals surface area contributed by atoms with Gasteiger partial charge in [-0.2, -0.15) is 0 Å². The number of hydrogen-bond donors (Lipinski definition) is 4. The van der Waals surface area contributed by atoms with Crippen LogP contribution in [-0.2, 0) is 4.74 Å². The SMILES string of the molecule is OC[C@H]1OC(O)[C@@H](O)[C@@H](O)[C@@H]1[123I]. The third-order valence-corrected chi connectivity index (χ3v) is 3.36. The van der Waals surface area contributed by atoms with Gasteiger partial charge in [-0.05, 0) is 0 Å². The maximum Gasteiger partial charge on any atom is 0.183 e. The fraction of sp³-hybridized carbons (Fsp3) is 1.00. The second-order valence-electron chi connectivity index (χ2n) is 2.67. The average Bonchev–Trinajstić information content (AvgIpc) is 2.08. The van der Waals surface area contributed by atoms with E-state index in [1.165, 1.54) is 0 Å². The van der Waals surface area contributed by atoms with Crippen LogP contribution in [0.4, 0.5) is 0 Å². The summed E-state index contributed by atoms with van der Waals surface area (Å²) < 4.78 is 4.41. The van der Waals surface area contributed by atoms with Gasteiger partial charge in [0.1, 0.15) is 6.10 Å². The minimum absolute atomic E-state index is 0.283. The Bertz CT molecular complexity index is 150. The van der Waals surface area contributed by atoms with E-state index in [-0.39, 0.29) is 6.61 Å². The zero-order valence-corrected chi connectivity index (χ0v) is 8.33. The van der Waals surface area contributed by atoms with Crippen molar-refractivity contribution >= 4 is 22.6 Å². The van der Waals surface area contributed by atoms with Crippen LogP contribution in [0.3, 0.4) is 0 Å². The van der Waals surface area contributed by atoms with Crippen molar-refractivity contribution < 1.29 is 25.2 Å². The first-order valence-corrected chi connectivity index (χ1v) is 4.77. The summed E-state index contributed by atoms with van der Waals surface area (Å²) in [7, 11) is 0. The predicted molar refractivity (Wildman–Crippen MR) is 47.8 cm³/mol. The van der Waals surface area contributed by atoms with Crippen molar-refractivity contribution in [1.29, 1.82) is 0 Å². The van der Waals surface area contributed by atoms with Gasteiger partial charge >= 0.3 is 0 Å². The van der Waals surface area contributed by atoms with E-state index in [1.807, 2.05) is 22.6 Å². The van der Waals surface area contributed by atoms with Crippen LogP contribution in [0.5, 0.6) is 0 Å². The lowest BCUT2D eigenvalue weighted by Crippen LogP contribution is -2.56. The summed E-state index contributed by atoms with van der Waals surface area (Å²) in [5, 5.41) is 36.2. The Morgan fingerprint density at radius 1 is 1.17 bits per heavy atom. The molecule has 4 N–H and O–H groups in total. The number of aliphatic hydroxyl groups is 4. The lowest BCUT2D eigenvalue weighted by atomic mass is 10.0. The Morgan fingerprint density at radius 3 is 2.25 bits per heavy atom. The molecule has 72 valence electrons. The van der Waals surface area contributed by atoms with E-state index in [4.69, 9.17) is 20.1 Å². The molecule has 1 saturated heterocycles. The van der Waals surface area contributed by atoms with Gasteiger partial charge in [-0.15, -0.1) is 0 Å². The van der Waals surface area contributed by atoms with Gasteiger partial charge in [-0.3, -0.25) is 0 Å². The van der Waals surface area contributed by atoms with Crippen molar-refractivity contribution in [2.75, 3.05) is 6.61 Å². The summed E-state index contributed by atoms with van der Waals surface area (Å²) in [6, 6.07) is 0. The Balaban J connectivity index is 2.63. The molecule has 1 heterocycles. The Labute approximate surface area is 83.1 Å². The molecule has 0 radical (unpaired) electrons. The molecule has 1 fully saturated rings. The lowest BCUT2D eigenvalue weighted by Gasteiger charge is -2.37. The van der Waals surface area contributed by atoms with Gasteiger partial charge in [-0.1, -0.05) is 22.6 Å². The number of ether oxygens (including phenoxy) is 1. The smallest absolute Gasteiger partial charge is 0.183 e. The van der Waals surface area contributed by atoms with Crippen molar-refractivity contribution in [2.45, 2.75) is 28.5 Å². The molecule has 0 aromatic rings. The largest absolute Gasteiger partial charge is 0.394 e. The predicted octanol–water partition coefficient (Wildman–Crippen LogP) is -1.78. The molecular formula is C6H11IO5. The van der Waals surface area contributed by atoms with E-state index in [0.717, 1.165) is 0 Å². The van der Waals surface area contributed by atoms with Gasteiger partial charge in [0, 0.05) is 0 Å². The third kappa shape index (κ3) is 1.88. The fourth-order valence-corrected chi connectivity index (χ4v) is 1.88. The van der Waals surface area contributed by atoms with Crippen LogP contribution in [0.2, 0.25) is 0 Å². The maximum atomic E-state index is 9.31. The highest BCUT2D eigenvalue weighted by molar-refractivity contribution is 14.1. The van der Waals surface area contributed by atoms with Crippen LogP contribution in [0.1, 0.15) is 0 Å². The minimum atomic E-state index is -1.41. The molecule has 6 heteroatoms. The first-order valence-electron chi connectivity index (χ1n) is 3.52. The average molecular weight is 286 g/mol. The molecule has 5 nitrogen and oxygen atoms in total. The highest BCUT2D eigenvalue weighted by Crippen LogP contribution is 2.25. The Morgan fingerprint density at radius 2 is 1.75 bits per heavy atom. The summed E-state index contributed by atoms with van der Waals surface area (Å²) in [5.41, 5.74) is 0. The Kier molecular flexibility index (Phi) is 3.68. The van der Waals surface area contributed by atoms with Gasteiger partial charge in [-0.25, -0.2) is 0 Å². The highest BCUT2D eigenvalue weighted by Gasteiger charge is 2.41. The summed E-state index contributed by atoms with van der Waals surface area (Å²) in [6.07, 6.45) is -4.40. The van der Waals surface area contributed by atoms with Crippen LogP contribution in [0.15, 0.2) is 0 Å². The molecule has 1 aliphatic rings. The first kappa shape index (κ1) is 10.6. The second-order valence-corrected chi connectivity index (χ2v) is 4.11. The van der Waals surface area contributed by atoms with E-state index < -0.39 is 28.5 Å². The van der Waals surface area contributed by atoms with Crippen LogP contribution in [0.25, 0.3) is 0 Å². The summed E-state index contributed by atoms with van der Waals surface area (Å²) >= 11 is 1.86. The van der Waals surface area contributed by atoms with Crippen molar-refractivity contribution in [3.63, 3.8) is 0 Å². The molecule has 1 unspecified atom stereocenters. The molecule has 0 saturated carbocycles. The minimum Gasteiger partial charge on any atom is -0.394 e. The molecule has 0 aromatic heterocycles. The molecule has 0 aliphatic carbocycles. The number of rotatable bonds is 1. The van der Waals surface area contributed by atoms with Gasteiger partial charge in [0.2, 0.25) is 0 Å². The quantitative estimate of drug-likeness (QED) is 0.338. The highest BCUT2D eigenvalue weighted by atomic mass is 123. The Hall–Kier alpha value is 0.530. The van der Waals surface area contributed by atoms with Crippen LogP contribution in [0, 0.1) is 0 Å². The van der Waals surface area contributed by atoms with Gasteiger partial charge in [0.25, 0.3) is 0 Å². The van der Waals surface area contributed by atoms with Gasteiger partial charge < -0.3 is 25.2 Å². The monoisotopic (exact) mass is 286 g/mol. The molecule has 0 spiro atoms. The van der Waals surface area contributed by atoms with E-state index in [1.54, 1.807) is 0 Å². The maximum absolute atomic E-state index is 9.31. The fourth-order valence-electron chi connectivity index (χ4n) is 1.06. The molecule has 1 aliphatic heterocycles. The summed E-state index contributed by atoms with van der Waals surface area (Å²) in [4.78, 5) is 0. The molecule has 0 bridgehead atoms. The van der Waals surface area contributed by atoms with Crippen LogP contribution in [-0.4, -0.2) is 55.6 Å². The summed E-state index contributed by atoms with van der Waals surface area (Å²) in [5.74, 6) is 0. The van der Waals surface area contributed by atoms with E-state index in [0.29, 0.717) is 0 Å². The normalized spacial score (nSPS) is 49.2. The molecule has 5 atom stereocenters. The third-order valence-electron chi connectivity index (χ3n) is 1.82. The zero-order chi connectivity index (χ0) is 9.30. The van der Waals surface area contributed by atoms with Crippen molar-refractivity contribution in [2.24, 2.45) is 0 Å². The standard InChI is InChI=1S/C6H11IO5/c7-3-2(1-8)12-6(11)5(10)4(3)9/h2-6,8-11H,1H2/t2-,3-,4+,5+,6?/m1/s1/i7-4. The van der Waals surface area contributed by atoms with Crippen molar-refractivity contribution in [1.82, 2.24) is 0 Å². The zero-order valence-electron chi connectivity index (χ0n) is 6.17. The first-order chi connectivity index (χ1) is 5.57. The lowest BCUT2D eigenvalue weighted by molar-refractivity contribution is -0.246. The number of alkyl halides is 1. The van der Waals surface area contributed by atoms with Gasteiger partial charge in [0.05, 0.1) is 22.7 Å². The molecule has 1 rings (SSSR count). The van der Waals surface area contributed by atoms with Crippen LogP contribution >= 0.6 is 22.6 Å². The molecule has 12 heavy (non-hydrogen) atoms. The number of hydrogen-bond acceptors (Lipinski definition) is 5. The topological polar surface area (TPSA) is 90.2 Å². The van der Waals surface area contributed by atoms with E-state index >= 15 is 0 Å². The van der Waals surface area contributed by atoms with Crippen molar-refractivity contribution in [3.8, 4) is 0 Å². The number of aliphatic hydroxyl groups excluding tert-OH is 4. The summed E-state index contributed by atoms with van der Waals surface area (Å²) in [6.45, 7) is -0.283. The second kappa shape index (κ2) is 4.16. The molecular weight excluding hydrogens is 275 g/mol.